The maximum absolute atomic E-state index is 12.7. The van der Waals surface area contributed by atoms with Crippen LogP contribution in [0.15, 0.2) is 24.3 Å². The molecule has 1 amide bonds. The molecule has 7 heteroatoms. The van der Waals surface area contributed by atoms with Crippen LogP contribution in [0.2, 0.25) is 0 Å². The Morgan fingerprint density at radius 2 is 2.15 bits per heavy atom. The third kappa shape index (κ3) is 3.04. The topological polar surface area (TPSA) is 49.8 Å². The SMILES string of the molecule is O=C1OCC(c2cccc(C(F)(F)F)c2)N1CCCO. The van der Waals surface area contributed by atoms with E-state index in [9.17, 15) is 18.0 Å². The van der Waals surface area contributed by atoms with Gasteiger partial charge in [-0.1, -0.05) is 12.1 Å². The number of aliphatic hydroxyl groups is 1. The number of nitrogens with zero attached hydrogens (tertiary/aromatic N) is 1. The largest absolute Gasteiger partial charge is 0.447 e. The molecule has 2 rings (SSSR count). The molecule has 1 aliphatic rings. The quantitative estimate of drug-likeness (QED) is 0.927. The van der Waals surface area contributed by atoms with E-state index in [-0.39, 0.29) is 19.8 Å². The molecular weight excluding hydrogens is 275 g/mol. The first-order valence-electron chi connectivity index (χ1n) is 6.15. The molecule has 0 saturated carbocycles. The fourth-order valence-corrected chi connectivity index (χ4v) is 2.14. The summed E-state index contributed by atoms with van der Waals surface area (Å²) in [5.74, 6) is 0. The van der Waals surface area contributed by atoms with Crippen LogP contribution in [-0.4, -0.2) is 35.9 Å². The number of hydrogen-bond donors (Lipinski definition) is 1. The van der Waals surface area contributed by atoms with E-state index in [0.717, 1.165) is 12.1 Å². The second kappa shape index (κ2) is 5.70. The van der Waals surface area contributed by atoms with Crippen molar-refractivity contribution in [3.8, 4) is 0 Å². The van der Waals surface area contributed by atoms with E-state index in [1.807, 2.05) is 0 Å². The zero-order chi connectivity index (χ0) is 14.8. The van der Waals surface area contributed by atoms with Gasteiger partial charge < -0.3 is 9.84 Å². The molecule has 1 aromatic rings. The molecule has 0 radical (unpaired) electrons. The fraction of sp³-hybridized carbons (Fsp3) is 0.462. The molecule has 1 heterocycles. The number of aliphatic hydroxyl groups excluding tert-OH is 1. The minimum atomic E-state index is -4.42. The number of halogens is 3. The fourth-order valence-electron chi connectivity index (χ4n) is 2.14. The van der Waals surface area contributed by atoms with Crippen molar-refractivity contribution in [3.63, 3.8) is 0 Å². The predicted molar refractivity (Wildman–Crippen MR) is 63.9 cm³/mol. The zero-order valence-corrected chi connectivity index (χ0v) is 10.6. The second-order valence-corrected chi connectivity index (χ2v) is 4.49. The minimum Gasteiger partial charge on any atom is -0.447 e. The summed E-state index contributed by atoms with van der Waals surface area (Å²) < 4.78 is 42.9. The highest BCUT2D eigenvalue weighted by atomic mass is 19.4. The van der Waals surface area contributed by atoms with Crippen LogP contribution in [0.5, 0.6) is 0 Å². The first-order chi connectivity index (χ1) is 9.43. The molecule has 1 unspecified atom stereocenters. The third-order valence-corrected chi connectivity index (χ3v) is 3.13. The number of amides is 1. The number of alkyl halides is 3. The van der Waals surface area contributed by atoms with E-state index in [4.69, 9.17) is 9.84 Å². The summed E-state index contributed by atoms with van der Waals surface area (Å²) in [7, 11) is 0. The summed E-state index contributed by atoms with van der Waals surface area (Å²) in [4.78, 5) is 12.9. The smallest absolute Gasteiger partial charge is 0.416 e. The van der Waals surface area contributed by atoms with E-state index in [1.165, 1.54) is 17.0 Å². The Hall–Kier alpha value is -1.76. The average Bonchev–Trinajstić information content (AvgIpc) is 2.77. The molecule has 1 atom stereocenters. The van der Waals surface area contributed by atoms with Gasteiger partial charge in [0.2, 0.25) is 0 Å². The molecular formula is C13H14F3NO3. The van der Waals surface area contributed by atoms with Crippen LogP contribution in [0.3, 0.4) is 0 Å². The lowest BCUT2D eigenvalue weighted by Crippen LogP contribution is -2.29. The van der Waals surface area contributed by atoms with Gasteiger partial charge in [-0.15, -0.1) is 0 Å². The highest BCUT2D eigenvalue weighted by molar-refractivity contribution is 5.70. The Bertz CT molecular complexity index is 490. The molecule has 0 aliphatic carbocycles. The number of cyclic esters (lactones) is 1. The summed E-state index contributed by atoms with van der Waals surface area (Å²) in [6, 6.07) is 4.31. The predicted octanol–water partition coefficient (Wildman–Crippen LogP) is 2.58. The number of ether oxygens (including phenoxy) is 1. The van der Waals surface area contributed by atoms with Crippen molar-refractivity contribution in [1.82, 2.24) is 4.90 Å². The molecule has 1 aliphatic heterocycles. The summed E-state index contributed by atoms with van der Waals surface area (Å²) >= 11 is 0. The van der Waals surface area contributed by atoms with Gasteiger partial charge in [-0.25, -0.2) is 4.79 Å². The summed E-state index contributed by atoms with van der Waals surface area (Å²) in [6.45, 7) is 0.168. The first kappa shape index (κ1) is 14.6. The van der Waals surface area contributed by atoms with Gasteiger partial charge >= 0.3 is 12.3 Å². The molecule has 0 bridgehead atoms. The Morgan fingerprint density at radius 1 is 1.40 bits per heavy atom. The molecule has 4 nitrogen and oxygen atoms in total. The summed E-state index contributed by atoms with van der Waals surface area (Å²) in [5, 5.41) is 8.79. The average molecular weight is 289 g/mol. The Morgan fingerprint density at radius 3 is 2.80 bits per heavy atom. The molecule has 110 valence electrons. The zero-order valence-electron chi connectivity index (χ0n) is 10.6. The highest BCUT2D eigenvalue weighted by Crippen LogP contribution is 2.33. The van der Waals surface area contributed by atoms with Crippen LogP contribution in [-0.2, 0) is 10.9 Å². The lowest BCUT2D eigenvalue weighted by atomic mass is 10.0. The van der Waals surface area contributed by atoms with Crippen LogP contribution in [0.25, 0.3) is 0 Å². The lowest BCUT2D eigenvalue weighted by molar-refractivity contribution is -0.137. The van der Waals surface area contributed by atoms with E-state index in [1.54, 1.807) is 0 Å². The second-order valence-electron chi connectivity index (χ2n) is 4.49. The Balaban J connectivity index is 2.24. The minimum absolute atomic E-state index is 0.0194. The third-order valence-electron chi connectivity index (χ3n) is 3.13. The molecule has 1 fully saturated rings. The number of carbonyl (C=O) groups excluding carboxylic acids is 1. The normalized spacial score (nSPS) is 19.3. The molecule has 0 aromatic heterocycles. The van der Waals surface area contributed by atoms with Crippen LogP contribution < -0.4 is 0 Å². The Labute approximate surface area is 113 Å². The molecule has 0 spiro atoms. The van der Waals surface area contributed by atoms with E-state index < -0.39 is 23.9 Å². The van der Waals surface area contributed by atoms with Gasteiger partial charge in [0.1, 0.15) is 6.61 Å². The number of hydrogen-bond acceptors (Lipinski definition) is 3. The Kier molecular flexibility index (Phi) is 4.17. The lowest BCUT2D eigenvalue weighted by Gasteiger charge is -2.22. The van der Waals surface area contributed by atoms with Gasteiger partial charge in [-0.3, -0.25) is 4.90 Å². The van der Waals surface area contributed by atoms with Crippen LogP contribution in [0.1, 0.15) is 23.6 Å². The standard InChI is InChI=1S/C13H14F3NO3/c14-13(15,16)10-4-1-3-9(7-10)11-8-20-12(19)17(11)5-2-6-18/h1,3-4,7,11,18H,2,5-6,8H2. The highest BCUT2D eigenvalue weighted by Gasteiger charge is 2.36. The molecule has 1 saturated heterocycles. The van der Waals surface area contributed by atoms with Gasteiger partial charge in [0, 0.05) is 13.2 Å². The monoisotopic (exact) mass is 289 g/mol. The van der Waals surface area contributed by atoms with Crippen molar-refractivity contribution >= 4 is 6.09 Å². The van der Waals surface area contributed by atoms with Crippen molar-refractivity contribution in [3.05, 3.63) is 35.4 Å². The van der Waals surface area contributed by atoms with Crippen LogP contribution >= 0.6 is 0 Å². The van der Waals surface area contributed by atoms with E-state index >= 15 is 0 Å². The van der Waals surface area contributed by atoms with E-state index in [2.05, 4.69) is 0 Å². The van der Waals surface area contributed by atoms with Crippen molar-refractivity contribution in [2.24, 2.45) is 0 Å². The van der Waals surface area contributed by atoms with E-state index in [0.29, 0.717) is 12.0 Å². The van der Waals surface area contributed by atoms with Crippen LogP contribution in [0, 0.1) is 0 Å². The maximum atomic E-state index is 12.7. The van der Waals surface area contributed by atoms with Crippen molar-refractivity contribution < 1.29 is 27.8 Å². The van der Waals surface area contributed by atoms with Gasteiger partial charge in [0.05, 0.1) is 11.6 Å². The summed E-state index contributed by atoms with van der Waals surface area (Å²) in [6.07, 6.45) is -4.64. The molecule has 1 aromatic carbocycles. The van der Waals surface area contributed by atoms with Gasteiger partial charge in [-0.05, 0) is 24.1 Å². The van der Waals surface area contributed by atoms with Gasteiger partial charge in [-0.2, -0.15) is 13.2 Å². The van der Waals surface area contributed by atoms with Gasteiger partial charge in [0.15, 0.2) is 0 Å². The number of carbonyl (C=O) groups is 1. The van der Waals surface area contributed by atoms with Crippen molar-refractivity contribution in [1.29, 1.82) is 0 Å². The summed E-state index contributed by atoms with van der Waals surface area (Å²) in [5.41, 5.74) is -0.375. The number of benzene rings is 1. The maximum Gasteiger partial charge on any atom is 0.416 e. The van der Waals surface area contributed by atoms with Crippen molar-refractivity contribution in [2.75, 3.05) is 19.8 Å². The molecule has 20 heavy (non-hydrogen) atoms. The molecule has 1 N–H and O–H groups in total. The first-order valence-corrected chi connectivity index (χ1v) is 6.15. The number of rotatable bonds is 4. The van der Waals surface area contributed by atoms with Crippen molar-refractivity contribution in [2.45, 2.75) is 18.6 Å². The van der Waals surface area contributed by atoms with Gasteiger partial charge in [0.25, 0.3) is 0 Å². The van der Waals surface area contributed by atoms with Crippen LogP contribution in [0.4, 0.5) is 18.0 Å².